The Morgan fingerprint density at radius 1 is 1.12 bits per heavy atom. The van der Waals surface area contributed by atoms with Crippen LogP contribution >= 0.6 is 11.6 Å². The van der Waals surface area contributed by atoms with Crippen molar-refractivity contribution in [3.8, 4) is 11.5 Å². The highest BCUT2D eigenvalue weighted by Gasteiger charge is 2.07. The first-order valence-electron chi connectivity index (χ1n) is 5.02. The molecule has 2 nitrogen and oxygen atoms in total. The molecule has 0 spiro atoms. The molecule has 2 rings (SSSR count). The minimum absolute atomic E-state index is 0.0975. The summed E-state index contributed by atoms with van der Waals surface area (Å²) in [5, 5.41) is 9.26. The van der Waals surface area contributed by atoms with Gasteiger partial charge in [0.05, 0.1) is 11.6 Å². The van der Waals surface area contributed by atoms with Gasteiger partial charge in [0.1, 0.15) is 5.75 Å². The van der Waals surface area contributed by atoms with E-state index in [1.54, 1.807) is 30.3 Å². The first kappa shape index (κ1) is 11.9. The number of hydrogen-bond donors (Lipinski definition) is 1. The second-order valence-corrected chi connectivity index (χ2v) is 3.86. The zero-order valence-corrected chi connectivity index (χ0v) is 9.62. The maximum atomic E-state index is 13.3. The molecule has 0 fully saturated rings. The van der Waals surface area contributed by atoms with Crippen molar-refractivity contribution in [2.75, 3.05) is 0 Å². The fourth-order valence-corrected chi connectivity index (χ4v) is 1.61. The fourth-order valence-electron chi connectivity index (χ4n) is 1.37. The van der Waals surface area contributed by atoms with Crippen molar-refractivity contribution in [2.45, 2.75) is 6.61 Å². The summed E-state index contributed by atoms with van der Waals surface area (Å²) in [5.41, 5.74) is 0.677. The molecule has 0 aromatic heterocycles. The normalized spacial score (nSPS) is 10.3. The average molecular weight is 253 g/mol. The highest BCUT2D eigenvalue weighted by atomic mass is 35.5. The largest absolute Gasteiger partial charge is 0.453 e. The van der Waals surface area contributed by atoms with E-state index in [0.717, 1.165) is 0 Å². The number of rotatable bonds is 3. The third kappa shape index (κ3) is 2.75. The van der Waals surface area contributed by atoms with Crippen molar-refractivity contribution in [3.63, 3.8) is 0 Å². The summed E-state index contributed by atoms with van der Waals surface area (Å²) in [7, 11) is 0. The molecule has 0 saturated carbocycles. The van der Waals surface area contributed by atoms with E-state index < -0.39 is 5.82 Å². The van der Waals surface area contributed by atoms with Gasteiger partial charge in [-0.05, 0) is 29.8 Å². The molecular formula is C13H10ClFO2. The molecule has 0 aliphatic rings. The molecule has 0 radical (unpaired) electrons. The van der Waals surface area contributed by atoms with E-state index in [-0.39, 0.29) is 12.4 Å². The van der Waals surface area contributed by atoms with Gasteiger partial charge in [-0.1, -0.05) is 29.8 Å². The van der Waals surface area contributed by atoms with E-state index in [1.165, 1.54) is 12.1 Å². The van der Waals surface area contributed by atoms with Crippen molar-refractivity contribution in [3.05, 3.63) is 58.9 Å². The van der Waals surface area contributed by atoms with Gasteiger partial charge in [0.15, 0.2) is 11.6 Å². The van der Waals surface area contributed by atoms with Crippen LogP contribution in [0.1, 0.15) is 5.56 Å². The van der Waals surface area contributed by atoms with Gasteiger partial charge in [0, 0.05) is 0 Å². The molecule has 0 unspecified atom stereocenters. The predicted octanol–water partition coefficient (Wildman–Crippen LogP) is 3.76. The Labute approximate surface area is 103 Å². The highest BCUT2D eigenvalue weighted by Crippen LogP contribution is 2.31. The molecular weight excluding hydrogens is 243 g/mol. The molecule has 0 aliphatic carbocycles. The molecule has 0 amide bonds. The number of aliphatic hydroxyl groups excluding tert-OH is 1. The molecule has 0 aliphatic heterocycles. The molecule has 0 atom stereocenters. The van der Waals surface area contributed by atoms with Gasteiger partial charge in [-0.25, -0.2) is 4.39 Å². The molecule has 0 heterocycles. The number of para-hydroxylation sites is 1. The van der Waals surface area contributed by atoms with Gasteiger partial charge >= 0.3 is 0 Å². The zero-order chi connectivity index (χ0) is 12.3. The monoisotopic (exact) mass is 252 g/mol. The SMILES string of the molecule is OCc1ccc(Oc2ccccc2F)c(Cl)c1. The number of ether oxygens (including phenoxy) is 1. The Bertz CT molecular complexity index is 529. The lowest BCUT2D eigenvalue weighted by Gasteiger charge is -2.09. The lowest BCUT2D eigenvalue weighted by molar-refractivity contribution is 0.281. The van der Waals surface area contributed by atoms with Crippen LogP contribution in [-0.2, 0) is 6.61 Å². The Balaban J connectivity index is 2.28. The van der Waals surface area contributed by atoms with Crippen LogP contribution in [0.2, 0.25) is 5.02 Å². The number of halogens is 2. The first-order valence-corrected chi connectivity index (χ1v) is 5.40. The van der Waals surface area contributed by atoms with Crippen molar-refractivity contribution in [1.82, 2.24) is 0 Å². The first-order chi connectivity index (χ1) is 8.20. The van der Waals surface area contributed by atoms with E-state index in [9.17, 15) is 4.39 Å². The van der Waals surface area contributed by atoms with E-state index in [1.807, 2.05) is 0 Å². The van der Waals surface area contributed by atoms with Gasteiger partial charge < -0.3 is 9.84 Å². The Morgan fingerprint density at radius 3 is 2.53 bits per heavy atom. The van der Waals surface area contributed by atoms with Gasteiger partial charge in [0.25, 0.3) is 0 Å². The number of benzene rings is 2. The zero-order valence-electron chi connectivity index (χ0n) is 8.86. The molecule has 0 bridgehead atoms. The predicted molar refractivity (Wildman–Crippen MR) is 63.8 cm³/mol. The summed E-state index contributed by atoms with van der Waals surface area (Å²) >= 11 is 5.95. The summed E-state index contributed by atoms with van der Waals surface area (Å²) in [6, 6.07) is 10.9. The minimum Gasteiger partial charge on any atom is -0.453 e. The van der Waals surface area contributed by atoms with Crippen LogP contribution in [0.5, 0.6) is 11.5 Å². The summed E-state index contributed by atoms with van der Waals surface area (Å²) in [4.78, 5) is 0. The fraction of sp³-hybridized carbons (Fsp3) is 0.0769. The van der Waals surface area contributed by atoms with Crippen LogP contribution in [0, 0.1) is 5.82 Å². The molecule has 4 heteroatoms. The van der Waals surface area contributed by atoms with Crippen LogP contribution in [0.3, 0.4) is 0 Å². The molecule has 88 valence electrons. The summed E-state index contributed by atoms with van der Waals surface area (Å²) in [6.45, 7) is -0.0975. The van der Waals surface area contributed by atoms with Crippen LogP contribution in [0.15, 0.2) is 42.5 Å². The quantitative estimate of drug-likeness (QED) is 0.901. The van der Waals surface area contributed by atoms with Gasteiger partial charge in [-0.3, -0.25) is 0 Å². The smallest absolute Gasteiger partial charge is 0.165 e. The molecule has 0 saturated heterocycles. The molecule has 2 aromatic carbocycles. The average Bonchev–Trinajstić information content (AvgIpc) is 2.34. The lowest BCUT2D eigenvalue weighted by atomic mass is 10.2. The lowest BCUT2D eigenvalue weighted by Crippen LogP contribution is -1.90. The maximum Gasteiger partial charge on any atom is 0.165 e. The number of hydrogen-bond acceptors (Lipinski definition) is 2. The van der Waals surface area contributed by atoms with E-state index >= 15 is 0 Å². The Hall–Kier alpha value is -1.58. The van der Waals surface area contributed by atoms with E-state index in [0.29, 0.717) is 16.3 Å². The highest BCUT2D eigenvalue weighted by molar-refractivity contribution is 6.32. The summed E-state index contributed by atoms with van der Waals surface area (Å²) in [6.07, 6.45) is 0. The maximum absolute atomic E-state index is 13.3. The van der Waals surface area contributed by atoms with Crippen LogP contribution < -0.4 is 4.74 Å². The second kappa shape index (κ2) is 5.17. The van der Waals surface area contributed by atoms with Crippen molar-refractivity contribution < 1.29 is 14.2 Å². The topological polar surface area (TPSA) is 29.5 Å². The van der Waals surface area contributed by atoms with Crippen LogP contribution in [0.25, 0.3) is 0 Å². The second-order valence-electron chi connectivity index (χ2n) is 3.46. The minimum atomic E-state index is -0.449. The van der Waals surface area contributed by atoms with Crippen LogP contribution in [0.4, 0.5) is 4.39 Å². The van der Waals surface area contributed by atoms with Crippen molar-refractivity contribution in [2.24, 2.45) is 0 Å². The van der Waals surface area contributed by atoms with Crippen molar-refractivity contribution >= 4 is 11.6 Å². The number of aliphatic hydroxyl groups is 1. The summed E-state index contributed by atoms with van der Waals surface area (Å²) < 4.78 is 18.7. The van der Waals surface area contributed by atoms with E-state index in [2.05, 4.69) is 0 Å². The molecule has 17 heavy (non-hydrogen) atoms. The third-order valence-corrected chi connectivity index (χ3v) is 2.53. The Morgan fingerprint density at radius 2 is 1.88 bits per heavy atom. The van der Waals surface area contributed by atoms with Crippen molar-refractivity contribution in [1.29, 1.82) is 0 Å². The molecule has 2 aromatic rings. The van der Waals surface area contributed by atoms with Gasteiger partial charge in [-0.2, -0.15) is 0 Å². The standard InChI is InChI=1S/C13H10ClFO2/c14-10-7-9(8-16)5-6-12(10)17-13-4-2-1-3-11(13)15/h1-7,16H,8H2. The third-order valence-electron chi connectivity index (χ3n) is 2.24. The summed E-state index contributed by atoms with van der Waals surface area (Å²) in [5.74, 6) is 0.0231. The van der Waals surface area contributed by atoms with Gasteiger partial charge in [0.2, 0.25) is 0 Å². The molecule has 1 N–H and O–H groups in total. The van der Waals surface area contributed by atoms with E-state index in [4.69, 9.17) is 21.4 Å². The van der Waals surface area contributed by atoms with Crippen LogP contribution in [-0.4, -0.2) is 5.11 Å². The Kier molecular flexibility index (Phi) is 3.61. The van der Waals surface area contributed by atoms with Gasteiger partial charge in [-0.15, -0.1) is 0 Å².